The molecule has 0 aliphatic rings. The fraction of sp³-hybridized carbons (Fsp3) is 0. The predicted molar refractivity (Wildman–Crippen MR) is 127 cm³/mol. The summed E-state index contributed by atoms with van der Waals surface area (Å²) in [4.78, 5) is 1.88. The highest BCUT2D eigenvalue weighted by molar-refractivity contribution is 7.99. The van der Waals surface area contributed by atoms with E-state index in [-0.39, 0.29) is 0 Å². The topological polar surface area (TPSA) is 52.0 Å². The van der Waals surface area contributed by atoms with Crippen LogP contribution in [0.1, 0.15) is 0 Å². The van der Waals surface area contributed by atoms with E-state index in [2.05, 4.69) is 0 Å². The second kappa shape index (κ2) is 8.42. The van der Waals surface area contributed by atoms with Crippen molar-refractivity contribution in [1.29, 1.82) is 0 Å². The molecule has 29 heavy (non-hydrogen) atoms. The minimum atomic E-state index is 0.691. The van der Waals surface area contributed by atoms with Crippen LogP contribution in [0, 0.1) is 0 Å². The smallest absolute Gasteiger partial charge is 0.0623 e. The molecule has 0 aliphatic carbocycles. The van der Waals surface area contributed by atoms with Gasteiger partial charge in [-0.25, -0.2) is 0 Å². The van der Waals surface area contributed by atoms with Crippen molar-refractivity contribution in [2.24, 2.45) is 0 Å². The average Bonchev–Trinajstić information content (AvgIpc) is 2.73. The van der Waals surface area contributed by atoms with Gasteiger partial charge in [-0.15, -0.1) is 0 Å². The monoisotopic (exact) mass is 436 g/mol. The van der Waals surface area contributed by atoms with E-state index in [1.54, 1.807) is 11.8 Å². The summed E-state index contributed by atoms with van der Waals surface area (Å²) in [6.45, 7) is 0. The maximum Gasteiger partial charge on any atom is 0.0623 e. The minimum absolute atomic E-state index is 0.691. The summed E-state index contributed by atoms with van der Waals surface area (Å²) in [5, 5.41) is 1.38. The van der Waals surface area contributed by atoms with E-state index in [1.165, 1.54) is 0 Å². The van der Waals surface area contributed by atoms with E-state index in [0.29, 0.717) is 10.0 Å². The van der Waals surface area contributed by atoms with Crippen LogP contribution in [0.25, 0.3) is 22.3 Å². The molecule has 4 aromatic rings. The quantitative estimate of drug-likeness (QED) is 0.323. The van der Waals surface area contributed by atoms with Crippen LogP contribution in [-0.4, -0.2) is 0 Å². The Labute approximate surface area is 184 Å². The lowest BCUT2D eigenvalue weighted by Gasteiger charge is -2.13. The Bertz CT molecular complexity index is 1060. The van der Waals surface area contributed by atoms with Gasteiger partial charge in [0.15, 0.2) is 0 Å². The maximum absolute atomic E-state index is 6.75. The first-order chi connectivity index (χ1) is 14.0. The maximum atomic E-state index is 6.75. The first kappa shape index (κ1) is 19.7. The lowest BCUT2D eigenvalue weighted by atomic mass is 10.1. The van der Waals surface area contributed by atoms with E-state index in [9.17, 15) is 0 Å². The third kappa shape index (κ3) is 4.23. The first-order valence-electron chi connectivity index (χ1n) is 8.99. The molecule has 0 atom stereocenters. The molecule has 0 fully saturated rings. The predicted octanol–water partition coefficient (Wildman–Crippen LogP) is 7.64. The zero-order chi connectivity index (χ0) is 20.4. The molecule has 5 heteroatoms. The van der Waals surface area contributed by atoms with E-state index in [4.69, 9.17) is 34.7 Å². The van der Waals surface area contributed by atoms with Crippen molar-refractivity contribution in [1.82, 2.24) is 0 Å². The van der Waals surface area contributed by atoms with Gasteiger partial charge < -0.3 is 11.5 Å². The number of nitrogens with two attached hydrogens (primary N) is 2. The molecule has 0 unspecified atom stereocenters. The van der Waals surface area contributed by atoms with Crippen LogP contribution in [0.5, 0.6) is 0 Å². The summed E-state index contributed by atoms with van der Waals surface area (Å²) in [7, 11) is 0. The molecular formula is C24H18Cl2N2S. The van der Waals surface area contributed by atoms with Crippen molar-refractivity contribution in [3.8, 4) is 22.3 Å². The standard InChI is InChI=1S/C24H18Cl2N2S/c25-23-19(15-7-11-17(27)12-8-15)3-1-5-21(23)29-22-6-2-4-20(24(22)26)16-9-13-18(28)14-10-16/h1-14H,27-28H2. The second-order valence-electron chi connectivity index (χ2n) is 6.58. The van der Waals surface area contributed by atoms with Gasteiger partial charge in [-0.2, -0.15) is 0 Å². The minimum Gasteiger partial charge on any atom is -0.399 e. The highest BCUT2D eigenvalue weighted by Crippen LogP contribution is 2.43. The fourth-order valence-corrected chi connectivity index (χ4v) is 4.70. The van der Waals surface area contributed by atoms with Gasteiger partial charge in [-0.05, 0) is 47.5 Å². The van der Waals surface area contributed by atoms with Gasteiger partial charge in [0.2, 0.25) is 0 Å². The summed E-state index contributed by atoms with van der Waals surface area (Å²) >= 11 is 15.1. The molecule has 0 saturated carbocycles. The SMILES string of the molecule is Nc1ccc(-c2cccc(Sc3cccc(-c4ccc(N)cc4)c3Cl)c2Cl)cc1. The van der Waals surface area contributed by atoms with Gasteiger partial charge in [0.1, 0.15) is 0 Å². The van der Waals surface area contributed by atoms with Crippen LogP contribution < -0.4 is 11.5 Å². The van der Waals surface area contributed by atoms with Crippen LogP contribution in [-0.2, 0) is 0 Å². The van der Waals surface area contributed by atoms with Crippen molar-refractivity contribution in [2.45, 2.75) is 9.79 Å². The Morgan fingerprint density at radius 1 is 0.517 bits per heavy atom. The van der Waals surface area contributed by atoms with Crippen molar-refractivity contribution in [2.75, 3.05) is 11.5 Å². The molecule has 0 amide bonds. The lowest BCUT2D eigenvalue weighted by molar-refractivity contribution is 1.40. The van der Waals surface area contributed by atoms with Crippen LogP contribution in [0.4, 0.5) is 11.4 Å². The number of hydrogen-bond donors (Lipinski definition) is 2. The highest BCUT2D eigenvalue weighted by Gasteiger charge is 2.13. The molecule has 0 aliphatic heterocycles. The third-order valence-electron chi connectivity index (χ3n) is 4.59. The number of nitrogen functional groups attached to an aromatic ring is 2. The normalized spacial score (nSPS) is 10.8. The van der Waals surface area contributed by atoms with Gasteiger partial charge in [0.05, 0.1) is 10.0 Å². The molecule has 0 spiro atoms. The summed E-state index contributed by atoms with van der Waals surface area (Å²) in [5.74, 6) is 0. The van der Waals surface area contributed by atoms with Crippen molar-refractivity contribution < 1.29 is 0 Å². The number of anilines is 2. The number of hydrogen-bond acceptors (Lipinski definition) is 3. The fourth-order valence-electron chi connectivity index (χ4n) is 3.07. The lowest BCUT2D eigenvalue weighted by Crippen LogP contribution is -1.87. The van der Waals surface area contributed by atoms with Gasteiger partial charge in [0, 0.05) is 32.3 Å². The Morgan fingerprint density at radius 2 is 0.897 bits per heavy atom. The Morgan fingerprint density at radius 3 is 1.28 bits per heavy atom. The molecule has 2 nitrogen and oxygen atoms in total. The van der Waals surface area contributed by atoms with Gasteiger partial charge in [0.25, 0.3) is 0 Å². The summed E-state index contributed by atoms with van der Waals surface area (Å²) < 4.78 is 0. The molecule has 0 radical (unpaired) electrons. The summed E-state index contributed by atoms with van der Waals surface area (Å²) in [6.07, 6.45) is 0. The zero-order valence-corrected chi connectivity index (χ0v) is 17.7. The van der Waals surface area contributed by atoms with Gasteiger partial charge in [-0.1, -0.05) is 83.5 Å². The second-order valence-corrected chi connectivity index (χ2v) is 8.42. The molecule has 4 aromatic carbocycles. The molecular weight excluding hydrogens is 419 g/mol. The van der Waals surface area contributed by atoms with Gasteiger partial charge >= 0.3 is 0 Å². The van der Waals surface area contributed by atoms with E-state index in [1.807, 2.05) is 84.9 Å². The summed E-state index contributed by atoms with van der Waals surface area (Å²) in [5.41, 5.74) is 17.0. The van der Waals surface area contributed by atoms with Crippen LogP contribution in [0.15, 0.2) is 94.7 Å². The molecule has 0 bridgehead atoms. The molecule has 0 aromatic heterocycles. The van der Waals surface area contributed by atoms with Crippen LogP contribution >= 0.6 is 35.0 Å². The van der Waals surface area contributed by atoms with E-state index >= 15 is 0 Å². The molecule has 4 rings (SSSR count). The molecule has 4 N–H and O–H groups in total. The van der Waals surface area contributed by atoms with Crippen LogP contribution in [0.2, 0.25) is 10.0 Å². The van der Waals surface area contributed by atoms with Gasteiger partial charge in [-0.3, -0.25) is 0 Å². The number of benzene rings is 4. The Hall–Kier alpha value is -2.59. The number of halogens is 2. The summed E-state index contributed by atoms with van der Waals surface area (Å²) in [6, 6.07) is 27.4. The van der Waals surface area contributed by atoms with Crippen molar-refractivity contribution in [3.05, 3.63) is 95.0 Å². The van der Waals surface area contributed by atoms with Crippen LogP contribution in [0.3, 0.4) is 0 Å². The van der Waals surface area contributed by atoms with Crippen molar-refractivity contribution in [3.63, 3.8) is 0 Å². The molecule has 0 heterocycles. The van der Waals surface area contributed by atoms with E-state index < -0.39 is 0 Å². The third-order valence-corrected chi connectivity index (χ3v) is 6.75. The Balaban J connectivity index is 1.70. The average molecular weight is 437 g/mol. The first-order valence-corrected chi connectivity index (χ1v) is 10.6. The zero-order valence-electron chi connectivity index (χ0n) is 15.4. The molecule has 144 valence electrons. The molecule has 0 saturated heterocycles. The Kier molecular flexibility index (Phi) is 5.72. The number of rotatable bonds is 4. The van der Waals surface area contributed by atoms with Crippen molar-refractivity contribution >= 4 is 46.3 Å². The largest absolute Gasteiger partial charge is 0.399 e. The van der Waals surface area contributed by atoms with E-state index in [0.717, 1.165) is 43.4 Å². The highest BCUT2D eigenvalue weighted by atomic mass is 35.5.